The second-order valence-electron chi connectivity index (χ2n) is 6.97. The number of amides is 2. The summed E-state index contributed by atoms with van der Waals surface area (Å²) in [6, 6.07) is 24.8. The van der Waals surface area contributed by atoms with Crippen LogP contribution in [0.15, 0.2) is 84.0 Å². The minimum absolute atomic E-state index is 0.149. The van der Waals surface area contributed by atoms with Crippen molar-refractivity contribution in [3.63, 3.8) is 0 Å². The van der Waals surface area contributed by atoms with E-state index >= 15 is 0 Å². The third-order valence-corrected chi connectivity index (χ3v) is 5.55. The number of hydrogen-bond acceptors (Lipinski definition) is 5. The largest absolute Gasteiger partial charge is 0.445 e. The quantitative estimate of drug-likeness (QED) is 0.340. The Morgan fingerprint density at radius 2 is 1.69 bits per heavy atom. The Labute approximate surface area is 189 Å². The van der Waals surface area contributed by atoms with Crippen molar-refractivity contribution in [2.75, 3.05) is 11.9 Å². The van der Waals surface area contributed by atoms with Crippen molar-refractivity contribution in [3.05, 3.63) is 90.0 Å². The maximum atomic E-state index is 12.3. The number of hydrogen-bond donors (Lipinski definition) is 3. The average Bonchev–Trinajstić information content (AvgIpc) is 3.24. The van der Waals surface area contributed by atoms with Crippen molar-refractivity contribution in [2.24, 2.45) is 0 Å². The van der Waals surface area contributed by atoms with Crippen LogP contribution in [0.4, 0.5) is 10.5 Å². The number of rotatable bonds is 8. The third kappa shape index (κ3) is 5.89. The van der Waals surface area contributed by atoms with Crippen LogP contribution in [0.1, 0.15) is 11.1 Å². The molecule has 3 N–H and O–H groups in total. The van der Waals surface area contributed by atoms with Gasteiger partial charge in [-0.2, -0.15) is 0 Å². The summed E-state index contributed by atoms with van der Waals surface area (Å²) in [6.07, 6.45) is -0.641. The van der Waals surface area contributed by atoms with E-state index in [0.717, 1.165) is 27.3 Å². The number of thioether (sulfide) groups is 1. The topological polar surface area (TPSA) is 96.1 Å². The van der Waals surface area contributed by atoms with Crippen LogP contribution < -0.4 is 10.6 Å². The maximum Gasteiger partial charge on any atom is 0.407 e. The molecule has 0 saturated carbocycles. The first-order valence-corrected chi connectivity index (χ1v) is 11.1. The standard InChI is InChI=1S/C24H22N4O3S/c29-22(14-25-24(30)31-15-17-8-2-1-3-9-17)26-19-11-5-4-10-18(19)16-32-23-27-20-12-6-7-13-21(20)28-23/h1-13H,14-16H2,(H,25,30)(H,26,29)(H,27,28). The number of fused-ring (bicyclic) bond motifs is 1. The highest BCUT2D eigenvalue weighted by atomic mass is 32.2. The van der Waals surface area contributed by atoms with E-state index in [-0.39, 0.29) is 19.1 Å². The van der Waals surface area contributed by atoms with Gasteiger partial charge in [0.05, 0.1) is 11.0 Å². The zero-order valence-corrected chi connectivity index (χ0v) is 18.0. The van der Waals surface area contributed by atoms with E-state index in [1.807, 2.05) is 78.9 Å². The number of aromatic amines is 1. The predicted octanol–water partition coefficient (Wildman–Crippen LogP) is 4.72. The second-order valence-corrected chi connectivity index (χ2v) is 7.93. The molecular formula is C24H22N4O3S. The Kier molecular flexibility index (Phi) is 7.04. The number of anilines is 1. The number of aromatic nitrogens is 2. The normalized spacial score (nSPS) is 10.6. The average molecular weight is 447 g/mol. The zero-order valence-electron chi connectivity index (χ0n) is 17.2. The van der Waals surface area contributed by atoms with Crippen molar-refractivity contribution in [3.8, 4) is 0 Å². The van der Waals surface area contributed by atoms with Gasteiger partial charge in [0.1, 0.15) is 13.2 Å². The van der Waals surface area contributed by atoms with Gasteiger partial charge in [-0.05, 0) is 29.3 Å². The summed E-state index contributed by atoms with van der Waals surface area (Å²) in [6.45, 7) is -0.0329. The molecule has 32 heavy (non-hydrogen) atoms. The minimum Gasteiger partial charge on any atom is -0.445 e. The monoisotopic (exact) mass is 446 g/mol. The lowest BCUT2D eigenvalue weighted by atomic mass is 10.2. The molecule has 8 heteroatoms. The Bertz CT molecular complexity index is 1180. The molecule has 4 rings (SSSR count). The molecule has 3 aromatic carbocycles. The van der Waals surface area contributed by atoms with Gasteiger partial charge < -0.3 is 20.4 Å². The fourth-order valence-electron chi connectivity index (χ4n) is 3.03. The molecule has 0 fully saturated rings. The number of alkyl carbamates (subject to hydrolysis) is 1. The number of ether oxygens (including phenoxy) is 1. The number of imidazole rings is 1. The van der Waals surface area contributed by atoms with Crippen LogP contribution in [0.25, 0.3) is 11.0 Å². The van der Waals surface area contributed by atoms with Gasteiger partial charge in [-0.15, -0.1) is 0 Å². The van der Waals surface area contributed by atoms with Crippen LogP contribution in [-0.4, -0.2) is 28.5 Å². The fraction of sp³-hybridized carbons (Fsp3) is 0.125. The van der Waals surface area contributed by atoms with E-state index in [9.17, 15) is 9.59 Å². The predicted molar refractivity (Wildman–Crippen MR) is 125 cm³/mol. The molecule has 7 nitrogen and oxygen atoms in total. The Hall–Kier alpha value is -3.78. The summed E-state index contributed by atoms with van der Waals surface area (Å²) in [5.74, 6) is 0.297. The van der Waals surface area contributed by atoms with E-state index in [2.05, 4.69) is 20.6 Å². The van der Waals surface area contributed by atoms with E-state index in [1.165, 1.54) is 0 Å². The summed E-state index contributed by atoms with van der Waals surface area (Å²) < 4.78 is 5.12. The number of H-pyrrole nitrogens is 1. The number of nitrogens with zero attached hydrogens (tertiary/aromatic N) is 1. The summed E-state index contributed by atoms with van der Waals surface area (Å²) in [5.41, 5.74) is 4.44. The van der Waals surface area contributed by atoms with Crippen molar-refractivity contribution in [1.29, 1.82) is 0 Å². The second kappa shape index (κ2) is 10.5. The molecule has 0 bridgehead atoms. The highest BCUT2D eigenvalue weighted by molar-refractivity contribution is 7.98. The maximum absolute atomic E-state index is 12.3. The van der Waals surface area contributed by atoms with Crippen molar-refractivity contribution in [1.82, 2.24) is 15.3 Å². The first-order valence-electron chi connectivity index (χ1n) is 10.1. The van der Waals surface area contributed by atoms with Crippen LogP contribution in [0.3, 0.4) is 0 Å². The van der Waals surface area contributed by atoms with Crippen molar-refractivity contribution < 1.29 is 14.3 Å². The SMILES string of the molecule is O=C(CNC(=O)OCc1ccccc1)Nc1ccccc1CSc1nc2ccccc2[nH]1. The molecule has 0 atom stereocenters. The van der Waals surface area contributed by atoms with Crippen molar-refractivity contribution >= 4 is 40.5 Å². The zero-order chi connectivity index (χ0) is 22.2. The molecule has 4 aromatic rings. The smallest absolute Gasteiger partial charge is 0.407 e. The minimum atomic E-state index is -0.641. The number of benzene rings is 3. The first kappa shape index (κ1) is 21.5. The van der Waals surface area contributed by atoms with Gasteiger partial charge in [0.25, 0.3) is 0 Å². The Morgan fingerprint density at radius 1 is 0.938 bits per heavy atom. The highest BCUT2D eigenvalue weighted by Gasteiger charge is 2.11. The van der Waals surface area contributed by atoms with Gasteiger partial charge in [0.2, 0.25) is 5.91 Å². The summed E-state index contributed by atoms with van der Waals surface area (Å²) in [7, 11) is 0. The summed E-state index contributed by atoms with van der Waals surface area (Å²) in [4.78, 5) is 32.0. The third-order valence-electron chi connectivity index (χ3n) is 4.63. The molecule has 0 saturated heterocycles. The highest BCUT2D eigenvalue weighted by Crippen LogP contribution is 2.26. The number of carbonyl (C=O) groups is 2. The molecule has 0 aliphatic rings. The number of para-hydroxylation sites is 3. The van der Waals surface area contributed by atoms with E-state index in [4.69, 9.17) is 4.74 Å². The van der Waals surface area contributed by atoms with Gasteiger partial charge in [0, 0.05) is 11.4 Å². The fourth-order valence-corrected chi connectivity index (χ4v) is 3.92. The summed E-state index contributed by atoms with van der Waals surface area (Å²) >= 11 is 1.56. The molecule has 162 valence electrons. The van der Waals surface area contributed by atoms with Crippen LogP contribution in [0.5, 0.6) is 0 Å². The number of nitrogens with one attached hydrogen (secondary N) is 3. The van der Waals surface area contributed by atoms with Crippen LogP contribution in [0, 0.1) is 0 Å². The van der Waals surface area contributed by atoms with Gasteiger partial charge >= 0.3 is 6.09 Å². The van der Waals surface area contributed by atoms with Crippen molar-refractivity contribution in [2.45, 2.75) is 17.5 Å². The molecule has 1 heterocycles. The molecule has 1 aromatic heterocycles. The van der Waals surface area contributed by atoms with Crippen LogP contribution in [0.2, 0.25) is 0 Å². The van der Waals surface area contributed by atoms with E-state index in [1.54, 1.807) is 11.8 Å². The molecule has 0 unspecified atom stereocenters. The molecule has 0 aliphatic carbocycles. The lowest BCUT2D eigenvalue weighted by Crippen LogP contribution is -2.33. The van der Waals surface area contributed by atoms with Gasteiger partial charge in [0.15, 0.2) is 5.16 Å². The van der Waals surface area contributed by atoms with E-state index < -0.39 is 6.09 Å². The molecule has 0 spiro atoms. The van der Waals surface area contributed by atoms with E-state index in [0.29, 0.717) is 11.4 Å². The molecule has 0 radical (unpaired) electrons. The summed E-state index contributed by atoms with van der Waals surface area (Å²) in [5, 5.41) is 6.14. The van der Waals surface area contributed by atoms with Gasteiger partial charge in [-0.25, -0.2) is 9.78 Å². The molecule has 2 amide bonds. The first-order chi connectivity index (χ1) is 15.7. The van der Waals surface area contributed by atoms with Crippen LogP contribution >= 0.6 is 11.8 Å². The number of carbonyl (C=O) groups excluding carboxylic acids is 2. The Morgan fingerprint density at radius 3 is 2.53 bits per heavy atom. The van der Waals surface area contributed by atoms with Gasteiger partial charge in [-0.1, -0.05) is 72.4 Å². The molecule has 0 aliphatic heterocycles. The lowest BCUT2D eigenvalue weighted by molar-refractivity contribution is -0.115. The van der Waals surface area contributed by atoms with Gasteiger partial charge in [-0.3, -0.25) is 4.79 Å². The molecular weight excluding hydrogens is 424 g/mol. The lowest BCUT2D eigenvalue weighted by Gasteiger charge is -2.11. The van der Waals surface area contributed by atoms with Crippen LogP contribution in [-0.2, 0) is 21.9 Å². The Balaban J connectivity index is 1.27.